The Kier molecular flexibility index (Phi) is 4.69. The molecule has 0 unspecified atom stereocenters. The lowest BCUT2D eigenvalue weighted by Crippen LogP contribution is -2.46. The normalized spacial score (nSPS) is 21.0. The summed E-state index contributed by atoms with van der Waals surface area (Å²) in [6, 6.07) is 19.5. The van der Waals surface area contributed by atoms with Crippen LogP contribution >= 0.6 is 0 Å². The van der Waals surface area contributed by atoms with Crippen LogP contribution in [0.4, 0.5) is 0 Å². The summed E-state index contributed by atoms with van der Waals surface area (Å²) in [4.78, 5) is 12.9. The fourth-order valence-corrected chi connectivity index (χ4v) is 2.92. The molecule has 0 radical (unpaired) electrons. The van der Waals surface area contributed by atoms with Gasteiger partial charge < -0.3 is 4.74 Å². The Morgan fingerprint density at radius 1 is 1.04 bits per heavy atom. The molecule has 1 N–H and O–H groups in total. The van der Waals surface area contributed by atoms with Crippen molar-refractivity contribution in [3.63, 3.8) is 0 Å². The van der Waals surface area contributed by atoms with Crippen LogP contribution in [0.1, 0.15) is 49.2 Å². The van der Waals surface area contributed by atoms with E-state index < -0.39 is 0 Å². The number of rotatable bonds is 3. The van der Waals surface area contributed by atoms with Crippen LogP contribution < -0.4 is 5.43 Å². The van der Waals surface area contributed by atoms with E-state index in [0.29, 0.717) is 5.56 Å². The Morgan fingerprint density at radius 3 is 2.21 bits per heavy atom. The van der Waals surface area contributed by atoms with Crippen molar-refractivity contribution in [1.29, 1.82) is 0 Å². The van der Waals surface area contributed by atoms with Crippen LogP contribution in [0, 0.1) is 0 Å². The van der Waals surface area contributed by atoms with Crippen LogP contribution in [0.3, 0.4) is 0 Å². The minimum Gasteiger partial charge on any atom is -0.351 e. The molecular formula is C20H24N2O2. The zero-order valence-electron chi connectivity index (χ0n) is 14.4. The number of nitrogens with one attached hydrogen (secondary N) is 1. The van der Waals surface area contributed by atoms with E-state index in [1.54, 1.807) is 5.01 Å². The van der Waals surface area contributed by atoms with Gasteiger partial charge in [0, 0.05) is 12.0 Å². The second-order valence-corrected chi connectivity index (χ2v) is 7.05. The van der Waals surface area contributed by atoms with Crippen LogP contribution in [0.15, 0.2) is 60.7 Å². The summed E-state index contributed by atoms with van der Waals surface area (Å²) in [6.07, 6.45) is 0.419. The maximum absolute atomic E-state index is 12.9. The molecule has 2 aromatic carbocycles. The summed E-state index contributed by atoms with van der Waals surface area (Å²) in [6.45, 7) is 6.02. The van der Waals surface area contributed by atoms with Gasteiger partial charge in [-0.05, 0) is 38.5 Å². The van der Waals surface area contributed by atoms with Crippen molar-refractivity contribution < 1.29 is 9.53 Å². The molecule has 1 aliphatic heterocycles. The van der Waals surface area contributed by atoms with Crippen molar-refractivity contribution in [3.05, 3.63) is 71.8 Å². The van der Waals surface area contributed by atoms with Crippen LogP contribution in [-0.4, -0.2) is 22.7 Å². The Hall–Kier alpha value is -2.17. The first kappa shape index (κ1) is 16.7. The van der Waals surface area contributed by atoms with Gasteiger partial charge in [0.2, 0.25) is 0 Å². The zero-order valence-corrected chi connectivity index (χ0v) is 14.4. The number of amides is 1. The molecule has 24 heavy (non-hydrogen) atoms. The molecule has 0 bridgehead atoms. The number of hydrogen-bond acceptors (Lipinski definition) is 3. The van der Waals surface area contributed by atoms with E-state index in [0.717, 1.165) is 12.0 Å². The van der Waals surface area contributed by atoms with E-state index >= 15 is 0 Å². The average molecular weight is 324 g/mol. The largest absolute Gasteiger partial charge is 0.351 e. The summed E-state index contributed by atoms with van der Waals surface area (Å²) in [7, 11) is 0. The molecule has 4 nitrogen and oxygen atoms in total. The molecule has 1 aliphatic rings. The van der Waals surface area contributed by atoms with Gasteiger partial charge in [-0.2, -0.15) is 0 Å². The molecule has 0 aliphatic carbocycles. The molecule has 1 fully saturated rings. The van der Waals surface area contributed by atoms with Gasteiger partial charge in [-0.25, -0.2) is 10.4 Å². The van der Waals surface area contributed by atoms with Crippen LogP contribution in [0.2, 0.25) is 0 Å². The number of carbonyl (C=O) groups excluding carboxylic acids is 1. The number of carbonyl (C=O) groups is 1. The van der Waals surface area contributed by atoms with Crippen molar-refractivity contribution >= 4 is 5.91 Å². The molecule has 3 rings (SSSR count). The SMILES string of the molecule is CC(C)(C)O[C@@H]1C[C@@H](c2ccccc2)NN1C(=O)c1ccccc1. The van der Waals surface area contributed by atoms with E-state index in [1.807, 2.05) is 69.3 Å². The van der Waals surface area contributed by atoms with E-state index in [2.05, 4.69) is 17.6 Å². The van der Waals surface area contributed by atoms with Gasteiger partial charge in [0.25, 0.3) is 5.91 Å². The smallest absolute Gasteiger partial charge is 0.270 e. The topological polar surface area (TPSA) is 41.6 Å². The van der Waals surface area contributed by atoms with Crippen molar-refractivity contribution in [3.8, 4) is 0 Å². The van der Waals surface area contributed by atoms with E-state index in [4.69, 9.17) is 4.74 Å². The van der Waals surface area contributed by atoms with Gasteiger partial charge in [-0.3, -0.25) is 4.79 Å². The Balaban J connectivity index is 1.85. The summed E-state index contributed by atoms with van der Waals surface area (Å²) in [5, 5.41) is 1.64. The molecule has 4 heteroatoms. The van der Waals surface area contributed by atoms with Crippen molar-refractivity contribution in [2.45, 2.75) is 45.1 Å². The second kappa shape index (κ2) is 6.75. The third-order valence-corrected chi connectivity index (χ3v) is 3.95. The predicted molar refractivity (Wildman–Crippen MR) is 94.2 cm³/mol. The van der Waals surface area contributed by atoms with Gasteiger partial charge in [0.15, 0.2) is 0 Å². The molecule has 0 saturated carbocycles. The van der Waals surface area contributed by atoms with Crippen LogP contribution in [0.25, 0.3) is 0 Å². The Morgan fingerprint density at radius 2 is 1.62 bits per heavy atom. The van der Waals surface area contributed by atoms with Gasteiger partial charge in [-0.1, -0.05) is 48.5 Å². The number of ether oxygens (including phenoxy) is 1. The lowest BCUT2D eigenvalue weighted by Gasteiger charge is -2.30. The summed E-state index contributed by atoms with van der Waals surface area (Å²) < 4.78 is 6.15. The Labute approximate surface area is 143 Å². The number of hydrogen-bond donors (Lipinski definition) is 1. The van der Waals surface area contributed by atoms with Crippen LogP contribution in [0.5, 0.6) is 0 Å². The third-order valence-electron chi connectivity index (χ3n) is 3.95. The molecule has 0 spiro atoms. The minimum atomic E-state index is -0.326. The Bertz CT molecular complexity index is 680. The van der Waals surface area contributed by atoms with Crippen molar-refractivity contribution in [2.75, 3.05) is 0 Å². The first-order valence-corrected chi connectivity index (χ1v) is 8.31. The molecule has 0 aromatic heterocycles. The highest BCUT2D eigenvalue weighted by molar-refractivity contribution is 5.94. The molecule has 2 atom stereocenters. The number of hydrazine groups is 1. The van der Waals surface area contributed by atoms with Gasteiger partial charge >= 0.3 is 0 Å². The van der Waals surface area contributed by atoms with Crippen LogP contribution in [-0.2, 0) is 4.74 Å². The van der Waals surface area contributed by atoms with Gasteiger partial charge in [0.1, 0.15) is 6.23 Å². The summed E-state index contributed by atoms with van der Waals surface area (Å²) in [5.74, 6) is -0.0664. The number of benzene rings is 2. The fourth-order valence-electron chi connectivity index (χ4n) is 2.92. The highest BCUT2D eigenvalue weighted by atomic mass is 16.5. The van der Waals surface area contributed by atoms with Gasteiger partial charge in [0.05, 0.1) is 11.6 Å². The van der Waals surface area contributed by atoms with Crippen molar-refractivity contribution in [1.82, 2.24) is 10.4 Å². The van der Waals surface area contributed by atoms with E-state index in [9.17, 15) is 4.79 Å². The first-order valence-electron chi connectivity index (χ1n) is 8.31. The predicted octanol–water partition coefficient (Wildman–Crippen LogP) is 3.92. The average Bonchev–Trinajstić information content (AvgIpc) is 2.97. The maximum Gasteiger partial charge on any atom is 0.270 e. The quantitative estimate of drug-likeness (QED) is 0.930. The maximum atomic E-state index is 12.9. The fraction of sp³-hybridized carbons (Fsp3) is 0.350. The van der Waals surface area contributed by atoms with E-state index in [1.165, 1.54) is 0 Å². The molecule has 126 valence electrons. The minimum absolute atomic E-state index is 0.0613. The first-order chi connectivity index (χ1) is 11.4. The zero-order chi connectivity index (χ0) is 17.2. The highest BCUT2D eigenvalue weighted by Crippen LogP contribution is 2.31. The third kappa shape index (κ3) is 3.83. The molecule has 2 aromatic rings. The molecular weight excluding hydrogens is 300 g/mol. The summed E-state index contributed by atoms with van der Waals surface area (Å²) in [5.41, 5.74) is 4.82. The second-order valence-electron chi connectivity index (χ2n) is 7.05. The molecule has 1 saturated heterocycles. The lowest BCUT2D eigenvalue weighted by atomic mass is 10.0. The standard InChI is InChI=1S/C20H24N2O2/c1-20(2,3)24-18-14-17(15-10-6-4-7-11-15)21-22(18)19(23)16-12-8-5-9-13-16/h4-13,17-18,21H,14H2,1-3H3/t17-,18+/m0/s1. The van der Waals surface area contributed by atoms with E-state index in [-0.39, 0.29) is 23.8 Å². The van der Waals surface area contributed by atoms with Crippen molar-refractivity contribution in [2.24, 2.45) is 0 Å². The highest BCUT2D eigenvalue weighted by Gasteiger charge is 2.38. The number of nitrogens with zero attached hydrogens (tertiary/aromatic N) is 1. The van der Waals surface area contributed by atoms with Gasteiger partial charge in [-0.15, -0.1) is 0 Å². The monoisotopic (exact) mass is 324 g/mol. The molecule has 1 amide bonds. The molecule has 1 heterocycles. The lowest BCUT2D eigenvalue weighted by molar-refractivity contribution is -0.112. The summed E-state index contributed by atoms with van der Waals surface area (Å²) >= 11 is 0.